The highest BCUT2D eigenvalue weighted by atomic mass is 35.5. The summed E-state index contributed by atoms with van der Waals surface area (Å²) in [6.07, 6.45) is 0. The minimum absolute atomic E-state index is 0.0572. The summed E-state index contributed by atoms with van der Waals surface area (Å²) in [5.74, 6) is 0.411. The standard InChI is InChI=1S/C30H29N3O.C20H24ClN3O/c1-29(2,21-13-7-5-8-14-21)23-19-24(30(3,4)22-15-9-6-10-16-22)28(34)27(20-23)33-31-25-17-11-12-18-26(25)32-33;1-19(2,3)12-9-14(20(4,5)6)18(25)17(10-12)24-22-15-8-7-13(21)11-16(15)23-24/h5-20,34H,1-4H3;7-11,25H,1-6H3. The number of aromatic nitrogens is 6. The van der Waals surface area contributed by atoms with Gasteiger partial charge in [0.2, 0.25) is 0 Å². The highest BCUT2D eigenvalue weighted by Gasteiger charge is 2.33. The fourth-order valence-corrected chi connectivity index (χ4v) is 7.55. The Morgan fingerprint density at radius 1 is 0.407 bits per heavy atom. The topological polar surface area (TPSA) is 102 Å². The van der Waals surface area contributed by atoms with Gasteiger partial charge in [-0.1, -0.05) is 166 Å². The van der Waals surface area contributed by atoms with E-state index in [1.54, 1.807) is 16.9 Å². The van der Waals surface area contributed by atoms with E-state index in [0.717, 1.165) is 44.4 Å². The Kier molecular flexibility index (Phi) is 10.7. The van der Waals surface area contributed by atoms with Gasteiger partial charge in [-0.15, -0.1) is 30.0 Å². The van der Waals surface area contributed by atoms with E-state index in [2.05, 4.69) is 138 Å². The summed E-state index contributed by atoms with van der Waals surface area (Å²) in [6.45, 7) is 21.4. The summed E-state index contributed by atoms with van der Waals surface area (Å²) in [7, 11) is 0. The number of hydrogen-bond donors (Lipinski definition) is 2. The number of fused-ring (bicyclic) bond motifs is 2. The van der Waals surface area contributed by atoms with Crippen molar-refractivity contribution in [3.8, 4) is 22.9 Å². The fraction of sp³-hybridized carbons (Fsp3) is 0.280. The maximum absolute atomic E-state index is 11.6. The molecule has 302 valence electrons. The maximum atomic E-state index is 11.6. The average molecular weight is 805 g/mol. The molecular weight excluding hydrogens is 752 g/mol. The highest BCUT2D eigenvalue weighted by molar-refractivity contribution is 6.31. The Balaban J connectivity index is 0.000000188. The molecule has 2 N–H and O–H groups in total. The van der Waals surface area contributed by atoms with E-state index in [1.165, 1.54) is 10.4 Å². The van der Waals surface area contributed by atoms with Gasteiger partial charge < -0.3 is 10.2 Å². The molecule has 0 atom stereocenters. The predicted molar refractivity (Wildman–Crippen MR) is 241 cm³/mol. The van der Waals surface area contributed by atoms with Crippen LogP contribution >= 0.6 is 11.6 Å². The average Bonchev–Trinajstić information content (AvgIpc) is 3.82. The molecule has 0 radical (unpaired) electrons. The van der Waals surface area contributed by atoms with E-state index in [1.807, 2.05) is 66.7 Å². The van der Waals surface area contributed by atoms with Crippen molar-refractivity contribution in [2.45, 2.75) is 90.9 Å². The van der Waals surface area contributed by atoms with E-state index < -0.39 is 5.41 Å². The summed E-state index contributed by atoms with van der Waals surface area (Å²) >= 11 is 6.05. The summed E-state index contributed by atoms with van der Waals surface area (Å²) in [6, 6.07) is 42.1. The van der Waals surface area contributed by atoms with Gasteiger partial charge in [0, 0.05) is 27.0 Å². The van der Waals surface area contributed by atoms with Crippen molar-refractivity contribution in [3.05, 3.63) is 166 Å². The van der Waals surface area contributed by atoms with E-state index in [-0.39, 0.29) is 27.7 Å². The Bertz CT molecular complexity index is 2740. The van der Waals surface area contributed by atoms with Crippen molar-refractivity contribution in [2.75, 3.05) is 0 Å². The van der Waals surface area contributed by atoms with Crippen molar-refractivity contribution in [1.29, 1.82) is 0 Å². The fourth-order valence-electron chi connectivity index (χ4n) is 7.38. The Hall–Kier alpha value is -5.99. The first-order chi connectivity index (χ1) is 27.7. The quantitative estimate of drug-likeness (QED) is 0.174. The second kappa shape index (κ2) is 15.3. The molecule has 0 fully saturated rings. The zero-order chi connectivity index (χ0) is 42.5. The molecule has 0 unspecified atom stereocenters. The summed E-state index contributed by atoms with van der Waals surface area (Å²) in [4.78, 5) is 3.07. The summed E-state index contributed by atoms with van der Waals surface area (Å²) < 4.78 is 0. The number of phenolic OH excluding ortho intramolecular Hbond substituents is 2. The molecule has 0 aliphatic rings. The van der Waals surface area contributed by atoms with Gasteiger partial charge in [0.05, 0.1) is 0 Å². The van der Waals surface area contributed by atoms with Gasteiger partial charge in [-0.2, -0.15) is 0 Å². The van der Waals surface area contributed by atoms with Crippen LogP contribution in [0.5, 0.6) is 11.5 Å². The normalized spacial score (nSPS) is 12.5. The van der Waals surface area contributed by atoms with Gasteiger partial charge in [-0.05, 0) is 75.5 Å². The molecule has 0 aliphatic carbocycles. The van der Waals surface area contributed by atoms with Crippen LogP contribution in [0.25, 0.3) is 33.4 Å². The first-order valence-corrected chi connectivity index (χ1v) is 20.4. The van der Waals surface area contributed by atoms with Crippen molar-refractivity contribution >= 4 is 33.7 Å². The number of phenols is 2. The predicted octanol–water partition coefficient (Wildman–Crippen LogP) is 12.2. The smallest absolute Gasteiger partial charge is 0.147 e. The molecule has 9 heteroatoms. The molecule has 8 nitrogen and oxygen atoms in total. The number of benzene rings is 6. The van der Waals surface area contributed by atoms with Crippen molar-refractivity contribution in [1.82, 2.24) is 30.0 Å². The van der Waals surface area contributed by atoms with Crippen LogP contribution in [0.3, 0.4) is 0 Å². The van der Waals surface area contributed by atoms with Gasteiger partial charge >= 0.3 is 0 Å². The van der Waals surface area contributed by atoms with Crippen molar-refractivity contribution in [3.63, 3.8) is 0 Å². The molecule has 6 aromatic carbocycles. The second-order valence-electron chi connectivity index (χ2n) is 18.4. The monoisotopic (exact) mass is 804 g/mol. The summed E-state index contributed by atoms with van der Waals surface area (Å²) in [5.41, 5.74) is 9.48. The van der Waals surface area contributed by atoms with Gasteiger partial charge in [0.15, 0.2) is 0 Å². The molecule has 8 aromatic rings. The van der Waals surface area contributed by atoms with Crippen LogP contribution < -0.4 is 0 Å². The Morgan fingerprint density at radius 3 is 1.34 bits per heavy atom. The van der Waals surface area contributed by atoms with Gasteiger partial charge in [0.1, 0.15) is 44.9 Å². The van der Waals surface area contributed by atoms with Gasteiger partial charge in [-0.25, -0.2) is 0 Å². The molecule has 0 spiro atoms. The van der Waals surface area contributed by atoms with Crippen LogP contribution in [0.2, 0.25) is 5.02 Å². The lowest BCUT2D eigenvalue weighted by molar-refractivity contribution is 0.438. The van der Waals surface area contributed by atoms with Crippen molar-refractivity contribution < 1.29 is 10.2 Å². The van der Waals surface area contributed by atoms with E-state index in [9.17, 15) is 10.2 Å². The van der Waals surface area contributed by atoms with Crippen LogP contribution in [0.4, 0.5) is 0 Å². The lowest BCUT2D eigenvalue weighted by Gasteiger charge is -2.32. The molecule has 2 heterocycles. The van der Waals surface area contributed by atoms with Crippen LogP contribution in [0, 0.1) is 0 Å². The highest BCUT2D eigenvalue weighted by Crippen LogP contribution is 2.44. The van der Waals surface area contributed by atoms with Crippen LogP contribution in [0.15, 0.2) is 127 Å². The van der Waals surface area contributed by atoms with Gasteiger partial charge in [0.25, 0.3) is 0 Å². The lowest BCUT2D eigenvalue weighted by atomic mass is 9.72. The third kappa shape index (κ3) is 8.19. The molecule has 8 rings (SSSR count). The van der Waals surface area contributed by atoms with Crippen LogP contribution in [0.1, 0.15) is 103 Å². The molecule has 0 saturated heterocycles. The molecule has 0 aliphatic heterocycles. The number of aromatic hydroxyl groups is 2. The largest absolute Gasteiger partial charge is 0.505 e. The Morgan fingerprint density at radius 2 is 0.831 bits per heavy atom. The number of rotatable bonds is 6. The number of hydrogen-bond acceptors (Lipinski definition) is 6. The zero-order valence-corrected chi connectivity index (χ0v) is 36.3. The molecule has 0 amide bonds. The van der Waals surface area contributed by atoms with E-state index in [4.69, 9.17) is 11.6 Å². The molecule has 0 saturated carbocycles. The van der Waals surface area contributed by atoms with Crippen molar-refractivity contribution in [2.24, 2.45) is 0 Å². The number of nitrogens with zero attached hydrogens (tertiary/aromatic N) is 6. The minimum Gasteiger partial charge on any atom is -0.505 e. The lowest BCUT2D eigenvalue weighted by Crippen LogP contribution is -2.24. The third-order valence-electron chi connectivity index (χ3n) is 11.3. The van der Waals surface area contributed by atoms with Crippen LogP contribution in [-0.2, 0) is 21.7 Å². The first-order valence-electron chi connectivity index (χ1n) is 20.0. The van der Waals surface area contributed by atoms with Gasteiger partial charge in [-0.3, -0.25) is 0 Å². The Labute approximate surface area is 352 Å². The molecular formula is C50H53ClN6O2. The van der Waals surface area contributed by atoms with E-state index in [0.29, 0.717) is 21.9 Å². The number of halogens is 1. The van der Waals surface area contributed by atoms with E-state index >= 15 is 0 Å². The molecule has 0 bridgehead atoms. The van der Waals surface area contributed by atoms with Crippen LogP contribution in [-0.4, -0.2) is 40.2 Å². The second-order valence-corrected chi connectivity index (χ2v) is 18.8. The minimum atomic E-state index is -0.435. The third-order valence-corrected chi connectivity index (χ3v) is 11.5. The first kappa shape index (κ1) is 41.2. The maximum Gasteiger partial charge on any atom is 0.147 e. The zero-order valence-electron chi connectivity index (χ0n) is 35.6. The molecule has 2 aromatic heterocycles. The SMILES string of the molecule is CC(C)(C)c1cc(-n2nc3ccc(Cl)cc3n2)c(O)c(C(C)(C)C)c1.CC(C)(c1ccccc1)c1cc(-n2nc3ccccc3n2)c(O)c(C(C)(C)c2ccccc2)c1. The summed E-state index contributed by atoms with van der Waals surface area (Å²) in [5, 5.41) is 41.6. The molecule has 59 heavy (non-hydrogen) atoms.